The Morgan fingerprint density at radius 2 is 1.44 bits per heavy atom. The monoisotopic (exact) mass is 240 g/mol. The van der Waals surface area contributed by atoms with E-state index in [1.807, 2.05) is 0 Å². The molecule has 0 amide bonds. The lowest BCUT2D eigenvalue weighted by Crippen LogP contribution is -2.41. The summed E-state index contributed by atoms with van der Waals surface area (Å²) in [6.45, 7) is 15.4. The fourth-order valence-electron chi connectivity index (χ4n) is 1.59. The Morgan fingerprint density at radius 1 is 1.00 bits per heavy atom. The zero-order valence-electron chi connectivity index (χ0n) is 11.8. The summed E-state index contributed by atoms with van der Waals surface area (Å²) < 4.78 is 11.8. The number of hydrogen-bond acceptors (Lipinski definition) is 2. The molecule has 0 bridgehead atoms. The minimum absolute atomic E-state index is 0.0856. The van der Waals surface area contributed by atoms with Gasteiger partial charge in [-0.25, -0.2) is 0 Å². The van der Waals surface area contributed by atoms with E-state index in [4.69, 9.17) is 9.31 Å². The minimum atomic E-state index is -1.09. The van der Waals surface area contributed by atoms with Gasteiger partial charge in [0, 0.05) is 0 Å². The first kappa shape index (κ1) is 14.0. The molecule has 0 aromatic rings. The van der Waals surface area contributed by atoms with Crippen molar-refractivity contribution in [2.75, 3.05) is 0 Å². The predicted octanol–water partition coefficient (Wildman–Crippen LogP) is 3.51. The van der Waals surface area contributed by atoms with Gasteiger partial charge in [-0.1, -0.05) is 31.4 Å². The SMILES string of the molecule is CC1(C)OB(C/C=C\[Si](C)(C)C)OC1(C)C. The summed E-state index contributed by atoms with van der Waals surface area (Å²) in [5.41, 5.74) is 1.94. The fourth-order valence-corrected chi connectivity index (χ4v) is 2.44. The lowest BCUT2D eigenvalue weighted by atomic mass is 9.85. The zero-order chi connectivity index (χ0) is 12.6. The topological polar surface area (TPSA) is 18.5 Å². The maximum atomic E-state index is 5.92. The summed E-state index contributed by atoms with van der Waals surface area (Å²) >= 11 is 0. The van der Waals surface area contributed by atoms with Crippen LogP contribution in [0.1, 0.15) is 27.7 Å². The van der Waals surface area contributed by atoms with Crippen LogP contribution >= 0.6 is 0 Å². The second-order valence-electron chi connectivity index (χ2n) is 6.69. The van der Waals surface area contributed by atoms with Gasteiger partial charge in [0.05, 0.1) is 19.3 Å². The zero-order valence-corrected chi connectivity index (χ0v) is 12.8. The van der Waals surface area contributed by atoms with E-state index in [-0.39, 0.29) is 18.3 Å². The summed E-state index contributed by atoms with van der Waals surface area (Å²) in [7, 11) is -1.18. The molecule has 0 aromatic heterocycles. The molecular weight excluding hydrogens is 215 g/mol. The van der Waals surface area contributed by atoms with Crippen molar-refractivity contribution in [3.63, 3.8) is 0 Å². The highest BCUT2D eigenvalue weighted by molar-refractivity contribution is 6.81. The van der Waals surface area contributed by atoms with E-state index in [9.17, 15) is 0 Å². The molecule has 2 nitrogen and oxygen atoms in total. The van der Waals surface area contributed by atoms with E-state index < -0.39 is 8.07 Å². The molecule has 1 aliphatic rings. The number of hydrogen-bond donors (Lipinski definition) is 0. The Kier molecular flexibility index (Phi) is 3.78. The van der Waals surface area contributed by atoms with E-state index in [2.05, 4.69) is 59.1 Å². The Balaban J connectivity index is 2.52. The fraction of sp³-hybridized carbons (Fsp3) is 0.833. The third-order valence-electron chi connectivity index (χ3n) is 3.25. The van der Waals surface area contributed by atoms with Gasteiger partial charge >= 0.3 is 7.12 Å². The van der Waals surface area contributed by atoms with Crippen LogP contribution in [0.15, 0.2) is 11.8 Å². The molecule has 4 heteroatoms. The van der Waals surface area contributed by atoms with Crippen LogP contribution in [-0.4, -0.2) is 26.4 Å². The molecular formula is C12H25BO2Si. The first-order chi connectivity index (χ1) is 7.04. The van der Waals surface area contributed by atoms with Gasteiger partial charge in [0.25, 0.3) is 0 Å². The summed E-state index contributed by atoms with van der Waals surface area (Å²) in [4.78, 5) is 0. The highest BCUT2D eigenvalue weighted by atomic mass is 28.3. The summed E-state index contributed by atoms with van der Waals surface area (Å²) in [5, 5.41) is 0. The molecule has 1 fully saturated rings. The van der Waals surface area contributed by atoms with E-state index in [1.54, 1.807) is 0 Å². The van der Waals surface area contributed by atoms with Crippen LogP contribution in [0, 0.1) is 0 Å². The second-order valence-corrected chi connectivity index (χ2v) is 11.8. The smallest absolute Gasteiger partial charge is 0.403 e. The van der Waals surface area contributed by atoms with E-state index in [0.717, 1.165) is 6.32 Å². The Labute approximate surface area is 102 Å². The first-order valence-electron chi connectivity index (χ1n) is 6.07. The van der Waals surface area contributed by atoms with Crippen LogP contribution in [0.3, 0.4) is 0 Å². The molecule has 1 heterocycles. The third kappa shape index (κ3) is 3.47. The molecule has 0 aromatic carbocycles. The van der Waals surface area contributed by atoms with Gasteiger partial charge in [-0.2, -0.15) is 0 Å². The average Bonchev–Trinajstić information content (AvgIpc) is 2.17. The molecule has 0 unspecified atom stereocenters. The van der Waals surface area contributed by atoms with Gasteiger partial charge in [-0.15, -0.1) is 0 Å². The van der Waals surface area contributed by atoms with Crippen molar-refractivity contribution in [2.45, 2.75) is 64.9 Å². The third-order valence-corrected chi connectivity index (χ3v) is 4.48. The van der Waals surface area contributed by atoms with Gasteiger partial charge in [-0.05, 0) is 34.0 Å². The van der Waals surface area contributed by atoms with Crippen LogP contribution in [0.5, 0.6) is 0 Å². The Morgan fingerprint density at radius 3 is 1.81 bits per heavy atom. The van der Waals surface area contributed by atoms with E-state index in [0.29, 0.717) is 0 Å². The van der Waals surface area contributed by atoms with Crippen molar-refractivity contribution in [2.24, 2.45) is 0 Å². The largest absolute Gasteiger partial charge is 0.461 e. The lowest BCUT2D eigenvalue weighted by Gasteiger charge is -2.32. The van der Waals surface area contributed by atoms with Gasteiger partial charge in [0.15, 0.2) is 0 Å². The van der Waals surface area contributed by atoms with Crippen LogP contribution in [-0.2, 0) is 9.31 Å². The maximum Gasteiger partial charge on any atom is 0.461 e. The molecule has 0 radical (unpaired) electrons. The highest BCUT2D eigenvalue weighted by Gasteiger charge is 2.50. The molecule has 1 rings (SSSR count). The molecule has 1 aliphatic heterocycles. The molecule has 92 valence electrons. The normalized spacial score (nSPS) is 24.3. The molecule has 0 saturated carbocycles. The number of allylic oxidation sites excluding steroid dienone is 1. The van der Waals surface area contributed by atoms with Crippen LogP contribution in [0.4, 0.5) is 0 Å². The first-order valence-corrected chi connectivity index (χ1v) is 9.65. The van der Waals surface area contributed by atoms with Gasteiger partial charge in [-0.3, -0.25) is 0 Å². The Hall–Kier alpha value is -0.0582. The van der Waals surface area contributed by atoms with Crippen molar-refractivity contribution in [3.8, 4) is 0 Å². The van der Waals surface area contributed by atoms with Crippen LogP contribution in [0.2, 0.25) is 26.0 Å². The minimum Gasteiger partial charge on any atom is -0.403 e. The molecule has 16 heavy (non-hydrogen) atoms. The maximum absolute atomic E-state index is 5.92. The summed E-state index contributed by atoms with van der Waals surface area (Å²) in [5.74, 6) is 0. The molecule has 0 atom stereocenters. The van der Waals surface area contributed by atoms with Crippen molar-refractivity contribution < 1.29 is 9.31 Å². The summed E-state index contributed by atoms with van der Waals surface area (Å²) in [6.07, 6.45) is 3.07. The summed E-state index contributed by atoms with van der Waals surface area (Å²) in [6, 6.07) is 0. The van der Waals surface area contributed by atoms with Crippen molar-refractivity contribution in [3.05, 3.63) is 11.8 Å². The van der Waals surface area contributed by atoms with Gasteiger partial charge in [0.1, 0.15) is 0 Å². The predicted molar refractivity (Wildman–Crippen MR) is 73.4 cm³/mol. The Bertz CT molecular complexity index is 263. The lowest BCUT2D eigenvalue weighted by molar-refractivity contribution is 0.00578. The second kappa shape index (κ2) is 4.32. The van der Waals surface area contributed by atoms with Gasteiger partial charge < -0.3 is 9.31 Å². The molecule has 0 spiro atoms. The van der Waals surface area contributed by atoms with Crippen LogP contribution in [0.25, 0.3) is 0 Å². The van der Waals surface area contributed by atoms with E-state index >= 15 is 0 Å². The van der Waals surface area contributed by atoms with E-state index in [1.165, 1.54) is 0 Å². The van der Waals surface area contributed by atoms with Crippen molar-refractivity contribution in [1.82, 2.24) is 0 Å². The number of rotatable bonds is 3. The molecule has 0 N–H and O–H groups in total. The molecule has 0 aliphatic carbocycles. The van der Waals surface area contributed by atoms with Crippen molar-refractivity contribution >= 4 is 15.2 Å². The van der Waals surface area contributed by atoms with Gasteiger partial charge in [0.2, 0.25) is 0 Å². The quantitative estimate of drug-likeness (QED) is 0.703. The standard InChI is InChI=1S/C12H25BO2Si/c1-11(2)12(3,4)15-13(14-11)9-8-10-16(5,6)7/h8,10H,9H2,1-7H3/b10-8-. The average molecular weight is 240 g/mol. The molecule has 1 saturated heterocycles. The van der Waals surface area contributed by atoms with Crippen molar-refractivity contribution in [1.29, 1.82) is 0 Å². The highest BCUT2D eigenvalue weighted by Crippen LogP contribution is 2.37. The van der Waals surface area contributed by atoms with Crippen LogP contribution < -0.4 is 0 Å².